The zero-order valence-corrected chi connectivity index (χ0v) is 6.16. The van der Waals surface area contributed by atoms with Gasteiger partial charge < -0.3 is 10.6 Å². The summed E-state index contributed by atoms with van der Waals surface area (Å²) >= 11 is 0. The zero-order valence-electron chi connectivity index (χ0n) is 6.16. The van der Waals surface area contributed by atoms with Crippen LogP contribution >= 0.6 is 0 Å². The Morgan fingerprint density at radius 1 is 1.90 bits per heavy atom. The topological polar surface area (TPSA) is 70.1 Å². The predicted molar refractivity (Wildman–Crippen MR) is 37.0 cm³/mol. The number of nitrogens with zero attached hydrogens (tertiary/aromatic N) is 2. The highest BCUT2D eigenvalue weighted by Gasteiger charge is 2.06. The van der Waals surface area contributed by atoms with Crippen molar-refractivity contribution in [3.8, 4) is 6.07 Å². The van der Waals surface area contributed by atoms with E-state index >= 15 is 0 Å². The first-order chi connectivity index (χ1) is 4.57. The van der Waals surface area contributed by atoms with Gasteiger partial charge in [-0.25, -0.2) is 4.79 Å². The van der Waals surface area contributed by atoms with E-state index in [9.17, 15) is 4.79 Å². The average Bonchev–Trinajstić information content (AvgIpc) is 1.87. The summed E-state index contributed by atoms with van der Waals surface area (Å²) in [6, 6.07) is 1.50. The third-order valence-corrected chi connectivity index (χ3v) is 1.14. The van der Waals surface area contributed by atoms with Crippen LogP contribution in [0, 0.1) is 17.2 Å². The van der Waals surface area contributed by atoms with Gasteiger partial charge in [-0.3, -0.25) is 0 Å². The molecule has 1 unspecified atom stereocenters. The molecule has 4 nitrogen and oxygen atoms in total. The minimum Gasteiger partial charge on any atom is -0.351 e. The molecule has 0 saturated carbocycles. The first-order valence-electron chi connectivity index (χ1n) is 2.98. The number of carbonyl (C=O) groups excluding carboxylic acids is 1. The first-order valence-corrected chi connectivity index (χ1v) is 2.98. The minimum absolute atomic E-state index is 0.155. The Bertz CT molecular complexity index is 161. The summed E-state index contributed by atoms with van der Waals surface area (Å²) in [5, 5.41) is 8.34. The molecule has 1 atom stereocenters. The van der Waals surface area contributed by atoms with E-state index in [1.165, 1.54) is 4.90 Å². The van der Waals surface area contributed by atoms with E-state index < -0.39 is 6.03 Å². The van der Waals surface area contributed by atoms with Gasteiger partial charge in [-0.15, -0.1) is 0 Å². The van der Waals surface area contributed by atoms with E-state index in [1.807, 2.05) is 6.07 Å². The molecule has 0 radical (unpaired) electrons. The largest absolute Gasteiger partial charge is 0.351 e. The fourth-order valence-corrected chi connectivity index (χ4v) is 0.542. The number of carbonyl (C=O) groups is 1. The third-order valence-electron chi connectivity index (χ3n) is 1.14. The lowest BCUT2D eigenvalue weighted by molar-refractivity contribution is 0.215. The highest BCUT2D eigenvalue weighted by molar-refractivity contribution is 5.71. The van der Waals surface area contributed by atoms with Crippen LogP contribution in [0.3, 0.4) is 0 Å². The number of hydrogen-bond donors (Lipinski definition) is 1. The van der Waals surface area contributed by atoms with Crippen LogP contribution in [0.5, 0.6) is 0 Å². The van der Waals surface area contributed by atoms with Crippen LogP contribution in [0.4, 0.5) is 4.79 Å². The van der Waals surface area contributed by atoms with Crippen molar-refractivity contribution in [3.63, 3.8) is 0 Å². The summed E-state index contributed by atoms with van der Waals surface area (Å²) < 4.78 is 0. The highest BCUT2D eigenvalue weighted by atomic mass is 16.2. The predicted octanol–water partition coefficient (Wildman–Crippen LogP) is 0.157. The van der Waals surface area contributed by atoms with E-state index in [2.05, 4.69) is 0 Å². The van der Waals surface area contributed by atoms with E-state index in [-0.39, 0.29) is 5.92 Å². The Balaban J connectivity index is 3.70. The van der Waals surface area contributed by atoms with Gasteiger partial charge in [0.25, 0.3) is 0 Å². The molecule has 0 aromatic rings. The standard InChI is InChI=1S/C6H11N3O/c1-5(3-7)4-9(2)6(8)10/h5H,4H2,1-2H3,(H2,8,10). The first kappa shape index (κ1) is 8.76. The van der Waals surface area contributed by atoms with Crippen LogP contribution in [-0.2, 0) is 0 Å². The molecule has 0 heterocycles. The van der Waals surface area contributed by atoms with Crippen molar-refractivity contribution in [2.75, 3.05) is 13.6 Å². The molecule has 0 bridgehead atoms. The summed E-state index contributed by atoms with van der Waals surface area (Å²) in [6.07, 6.45) is 0. The van der Waals surface area contributed by atoms with Crippen molar-refractivity contribution in [1.82, 2.24) is 4.90 Å². The maximum absolute atomic E-state index is 10.4. The Morgan fingerprint density at radius 2 is 2.40 bits per heavy atom. The monoisotopic (exact) mass is 141 g/mol. The number of nitriles is 1. The zero-order chi connectivity index (χ0) is 8.15. The lowest BCUT2D eigenvalue weighted by atomic mass is 10.2. The molecular weight excluding hydrogens is 130 g/mol. The Labute approximate surface area is 60.2 Å². The number of rotatable bonds is 2. The van der Waals surface area contributed by atoms with Gasteiger partial charge in [-0.2, -0.15) is 5.26 Å². The van der Waals surface area contributed by atoms with Crippen LogP contribution in [0.15, 0.2) is 0 Å². The van der Waals surface area contributed by atoms with Crippen LogP contribution in [0.2, 0.25) is 0 Å². The number of urea groups is 1. The van der Waals surface area contributed by atoms with Gasteiger partial charge in [0.1, 0.15) is 0 Å². The summed E-state index contributed by atoms with van der Waals surface area (Å²) in [5.41, 5.74) is 4.92. The van der Waals surface area contributed by atoms with Gasteiger partial charge >= 0.3 is 6.03 Å². The van der Waals surface area contributed by atoms with Crippen molar-refractivity contribution >= 4 is 6.03 Å². The van der Waals surface area contributed by atoms with Gasteiger partial charge in [-0.1, -0.05) is 0 Å². The van der Waals surface area contributed by atoms with Crippen LogP contribution in [0.25, 0.3) is 0 Å². The SMILES string of the molecule is CC(C#N)CN(C)C(N)=O. The van der Waals surface area contributed by atoms with E-state index in [4.69, 9.17) is 11.0 Å². The molecule has 0 spiro atoms. The Hall–Kier alpha value is -1.24. The molecule has 0 aliphatic rings. The van der Waals surface area contributed by atoms with E-state index in [0.29, 0.717) is 6.54 Å². The number of primary amides is 1. The molecule has 4 heteroatoms. The lowest BCUT2D eigenvalue weighted by Gasteiger charge is -2.14. The maximum atomic E-state index is 10.4. The molecule has 0 aromatic carbocycles. The van der Waals surface area contributed by atoms with Crippen LogP contribution in [-0.4, -0.2) is 24.5 Å². The smallest absolute Gasteiger partial charge is 0.314 e. The van der Waals surface area contributed by atoms with Crippen LogP contribution < -0.4 is 5.73 Å². The molecule has 0 fully saturated rings. The minimum atomic E-state index is -0.498. The van der Waals surface area contributed by atoms with Gasteiger partial charge in [0.2, 0.25) is 0 Å². The number of amides is 2. The fourth-order valence-electron chi connectivity index (χ4n) is 0.542. The molecule has 0 aliphatic heterocycles. The number of hydrogen-bond acceptors (Lipinski definition) is 2. The molecule has 2 amide bonds. The molecule has 10 heavy (non-hydrogen) atoms. The highest BCUT2D eigenvalue weighted by Crippen LogP contribution is 1.94. The Kier molecular flexibility index (Phi) is 3.26. The second kappa shape index (κ2) is 3.72. The fraction of sp³-hybridized carbons (Fsp3) is 0.667. The van der Waals surface area contributed by atoms with E-state index in [1.54, 1.807) is 14.0 Å². The Morgan fingerprint density at radius 3 is 2.70 bits per heavy atom. The summed E-state index contributed by atoms with van der Waals surface area (Å²) in [5.74, 6) is -0.155. The molecule has 0 aliphatic carbocycles. The lowest BCUT2D eigenvalue weighted by Crippen LogP contribution is -2.34. The summed E-state index contributed by atoms with van der Waals surface area (Å²) in [4.78, 5) is 11.7. The normalized spacial score (nSPS) is 11.7. The maximum Gasteiger partial charge on any atom is 0.314 e. The van der Waals surface area contributed by atoms with Gasteiger partial charge in [0.15, 0.2) is 0 Å². The average molecular weight is 141 g/mol. The molecule has 0 rings (SSSR count). The van der Waals surface area contributed by atoms with Gasteiger partial charge in [0, 0.05) is 13.6 Å². The number of nitrogens with two attached hydrogens (primary N) is 1. The molecular formula is C6H11N3O. The van der Waals surface area contributed by atoms with Crippen molar-refractivity contribution in [2.24, 2.45) is 11.7 Å². The third kappa shape index (κ3) is 2.92. The van der Waals surface area contributed by atoms with E-state index in [0.717, 1.165) is 0 Å². The van der Waals surface area contributed by atoms with Crippen LogP contribution in [0.1, 0.15) is 6.92 Å². The van der Waals surface area contributed by atoms with Crippen molar-refractivity contribution < 1.29 is 4.79 Å². The molecule has 2 N–H and O–H groups in total. The molecule has 56 valence electrons. The second-order valence-electron chi connectivity index (χ2n) is 2.25. The second-order valence-corrected chi connectivity index (χ2v) is 2.25. The van der Waals surface area contributed by atoms with Gasteiger partial charge in [0.05, 0.1) is 12.0 Å². The summed E-state index contributed by atoms with van der Waals surface area (Å²) in [6.45, 7) is 2.13. The van der Waals surface area contributed by atoms with Crippen molar-refractivity contribution in [2.45, 2.75) is 6.92 Å². The van der Waals surface area contributed by atoms with Crippen molar-refractivity contribution in [3.05, 3.63) is 0 Å². The van der Waals surface area contributed by atoms with Crippen molar-refractivity contribution in [1.29, 1.82) is 5.26 Å². The quantitative estimate of drug-likeness (QED) is 0.595. The summed E-state index contributed by atoms with van der Waals surface area (Å²) in [7, 11) is 1.57. The molecule has 0 aromatic heterocycles. The van der Waals surface area contributed by atoms with Gasteiger partial charge in [-0.05, 0) is 6.92 Å². The molecule has 0 saturated heterocycles.